The van der Waals surface area contributed by atoms with Crippen LogP contribution in [0.15, 0.2) is 0 Å². The van der Waals surface area contributed by atoms with Crippen LogP contribution in [0.4, 0.5) is 0 Å². The van der Waals surface area contributed by atoms with Crippen molar-refractivity contribution in [3.05, 3.63) is 0 Å². The Bertz CT molecular complexity index is 162. The molecule has 56 valence electrons. The average Bonchev–Trinajstić information content (AvgIpc) is 1.82. The van der Waals surface area contributed by atoms with Crippen LogP contribution in [0.2, 0.25) is 0 Å². The van der Waals surface area contributed by atoms with Crippen LogP contribution in [0.5, 0.6) is 0 Å². The van der Waals surface area contributed by atoms with Gasteiger partial charge >= 0.3 is 11.9 Å². The molecule has 1 saturated heterocycles. The second-order valence-corrected chi connectivity index (χ2v) is 2.14. The second kappa shape index (κ2) is 2.68. The molecule has 10 heavy (non-hydrogen) atoms. The topological polar surface area (TPSA) is 46.6 Å². The van der Waals surface area contributed by atoms with E-state index in [2.05, 4.69) is 4.74 Å². The van der Waals surface area contributed by atoms with E-state index in [-0.39, 0.29) is 0 Å². The van der Waals surface area contributed by atoms with Crippen LogP contribution in [-0.4, -0.2) is 37.0 Å². The van der Waals surface area contributed by atoms with Crippen molar-refractivity contribution in [3.8, 4) is 0 Å². The van der Waals surface area contributed by atoms with Crippen molar-refractivity contribution in [3.63, 3.8) is 0 Å². The molecule has 0 aromatic rings. The van der Waals surface area contributed by atoms with E-state index in [1.165, 1.54) is 12.0 Å². The van der Waals surface area contributed by atoms with E-state index in [0.717, 1.165) is 6.42 Å². The zero-order chi connectivity index (χ0) is 7.56. The fraction of sp³-hybridized carbons (Fsp3) is 0.667. The van der Waals surface area contributed by atoms with Gasteiger partial charge in [0, 0.05) is 13.1 Å². The summed E-state index contributed by atoms with van der Waals surface area (Å²) in [5.74, 6) is -1.28. The summed E-state index contributed by atoms with van der Waals surface area (Å²) in [6, 6.07) is 0. The fourth-order valence-corrected chi connectivity index (χ4v) is 0.736. The Morgan fingerprint density at radius 3 is 2.30 bits per heavy atom. The maximum Gasteiger partial charge on any atom is 0.396 e. The number of methoxy groups -OCH3 is 1. The Balaban J connectivity index is 2.39. The molecule has 0 aromatic heterocycles. The minimum atomic E-state index is -0.764. The number of carbonyl (C=O) groups is 2. The lowest BCUT2D eigenvalue weighted by Gasteiger charge is -2.29. The molecule has 0 atom stereocenters. The maximum atomic E-state index is 10.8. The quantitative estimate of drug-likeness (QED) is 0.336. The summed E-state index contributed by atoms with van der Waals surface area (Å²) in [7, 11) is 1.21. The van der Waals surface area contributed by atoms with E-state index in [9.17, 15) is 9.59 Å². The van der Waals surface area contributed by atoms with Gasteiger partial charge in [-0.15, -0.1) is 0 Å². The standard InChI is InChI=1S/C6H9NO3/c1-10-6(9)5(8)7-3-2-4-7/h2-4H2,1H3. The number of carbonyl (C=O) groups excluding carboxylic acids is 2. The highest BCUT2D eigenvalue weighted by Crippen LogP contribution is 2.05. The van der Waals surface area contributed by atoms with Gasteiger partial charge in [-0.25, -0.2) is 4.79 Å². The summed E-state index contributed by atoms with van der Waals surface area (Å²) in [4.78, 5) is 22.8. The molecule has 1 aliphatic heterocycles. The van der Waals surface area contributed by atoms with Crippen LogP contribution in [-0.2, 0) is 14.3 Å². The summed E-state index contributed by atoms with van der Waals surface area (Å²) in [5.41, 5.74) is 0. The molecule has 4 heteroatoms. The highest BCUT2D eigenvalue weighted by Gasteiger charge is 2.26. The first-order valence-corrected chi connectivity index (χ1v) is 3.13. The lowest BCUT2D eigenvalue weighted by molar-refractivity contribution is -0.160. The number of likely N-dealkylation sites (tertiary alicyclic amines) is 1. The van der Waals surface area contributed by atoms with E-state index in [4.69, 9.17) is 0 Å². The molecular formula is C6H9NO3. The van der Waals surface area contributed by atoms with Gasteiger partial charge in [-0.3, -0.25) is 4.79 Å². The van der Waals surface area contributed by atoms with E-state index in [0.29, 0.717) is 13.1 Å². The van der Waals surface area contributed by atoms with Crippen molar-refractivity contribution in [1.82, 2.24) is 4.90 Å². The maximum absolute atomic E-state index is 10.8. The van der Waals surface area contributed by atoms with Gasteiger partial charge in [0.25, 0.3) is 0 Å². The molecule has 0 spiro atoms. The van der Waals surface area contributed by atoms with Crippen LogP contribution in [0.1, 0.15) is 6.42 Å². The van der Waals surface area contributed by atoms with Crippen molar-refractivity contribution in [2.45, 2.75) is 6.42 Å². The van der Waals surface area contributed by atoms with Crippen LogP contribution in [0.25, 0.3) is 0 Å². The van der Waals surface area contributed by atoms with Crippen molar-refractivity contribution in [2.75, 3.05) is 20.2 Å². The minimum absolute atomic E-state index is 0.520. The van der Waals surface area contributed by atoms with E-state index in [1.54, 1.807) is 0 Å². The van der Waals surface area contributed by atoms with Crippen LogP contribution in [0.3, 0.4) is 0 Å². The number of nitrogens with zero attached hydrogens (tertiary/aromatic N) is 1. The molecule has 1 rings (SSSR count). The van der Waals surface area contributed by atoms with Gasteiger partial charge in [-0.1, -0.05) is 0 Å². The Hall–Kier alpha value is -1.06. The highest BCUT2D eigenvalue weighted by molar-refractivity contribution is 6.32. The number of rotatable bonds is 0. The number of hydrogen-bond donors (Lipinski definition) is 0. The molecule has 1 fully saturated rings. The van der Waals surface area contributed by atoms with E-state index >= 15 is 0 Å². The third-order valence-corrected chi connectivity index (χ3v) is 1.50. The van der Waals surface area contributed by atoms with Gasteiger partial charge in [0.15, 0.2) is 0 Å². The summed E-state index contributed by atoms with van der Waals surface area (Å²) >= 11 is 0. The predicted octanol–water partition coefficient (Wildman–Crippen LogP) is -0.608. The number of hydrogen-bond acceptors (Lipinski definition) is 3. The Morgan fingerprint density at radius 1 is 1.40 bits per heavy atom. The average molecular weight is 143 g/mol. The molecule has 1 amide bonds. The number of esters is 1. The molecule has 0 aliphatic carbocycles. The summed E-state index contributed by atoms with van der Waals surface area (Å²) in [6.45, 7) is 1.38. The Labute approximate surface area is 58.8 Å². The number of ether oxygens (including phenoxy) is 1. The third-order valence-electron chi connectivity index (χ3n) is 1.50. The highest BCUT2D eigenvalue weighted by atomic mass is 16.5. The lowest BCUT2D eigenvalue weighted by atomic mass is 10.2. The lowest BCUT2D eigenvalue weighted by Crippen LogP contribution is -2.45. The molecule has 0 unspecified atom stereocenters. The smallest absolute Gasteiger partial charge is 0.396 e. The minimum Gasteiger partial charge on any atom is -0.462 e. The molecule has 1 heterocycles. The summed E-state index contributed by atoms with van der Waals surface area (Å²) in [5, 5.41) is 0. The van der Waals surface area contributed by atoms with Gasteiger partial charge in [0.2, 0.25) is 0 Å². The van der Waals surface area contributed by atoms with Gasteiger partial charge in [-0.05, 0) is 6.42 Å². The number of amides is 1. The van der Waals surface area contributed by atoms with Gasteiger partial charge < -0.3 is 9.64 Å². The van der Waals surface area contributed by atoms with Crippen LogP contribution < -0.4 is 0 Å². The molecule has 0 bridgehead atoms. The van der Waals surface area contributed by atoms with Crippen LogP contribution in [0, 0.1) is 0 Å². The molecule has 0 saturated carbocycles. The predicted molar refractivity (Wildman–Crippen MR) is 33.2 cm³/mol. The molecule has 0 aromatic carbocycles. The third kappa shape index (κ3) is 1.10. The first kappa shape index (κ1) is 7.05. The molecular weight excluding hydrogens is 134 g/mol. The van der Waals surface area contributed by atoms with E-state index < -0.39 is 11.9 Å². The second-order valence-electron chi connectivity index (χ2n) is 2.14. The SMILES string of the molecule is COC(=O)C(=O)N1CCC1. The van der Waals surface area contributed by atoms with Crippen molar-refractivity contribution < 1.29 is 14.3 Å². The Kier molecular flexibility index (Phi) is 1.89. The molecule has 4 nitrogen and oxygen atoms in total. The van der Waals surface area contributed by atoms with Crippen molar-refractivity contribution >= 4 is 11.9 Å². The summed E-state index contributed by atoms with van der Waals surface area (Å²) in [6.07, 6.45) is 0.989. The zero-order valence-corrected chi connectivity index (χ0v) is 5.79. The van der Waals surface area contributed by atoms with Gasteiger partial charge in [-0.2, -0.15) is 0 Å². The normalized spacial score (nSPS) is 15.9. The largest absolute Gasteiger partial charge is 0.462 e. The van der Waals surface area contributed by atoms with E-state index in [1.807, 2.05) is 0 Å². The van der Waals surface area contributed by atoms with Gasteiger partial charge in [0.05, 0.1) is 7.11 Å². The summed E-state index contributed by atoms with van der Waals surface area (Å²) < 4.78 is 4.24. The molecule has 0 radical (unpaired) electrons. The van der Waals surface area contributed by atoms with Gasteiger partial charge in [0.1, 0.15) is 0 Å². The first-order chi connectivity index (χ1) is 4.75. The monoisotopic (exact) mass is 143 g/mol. The zero-order valence-electron chi connectivity index (χ0n) is 5.79. The molecule has 1 aliphatic rings. The van der Waals surface area contributed by atoms with Crippen LogP contribution >= 0.6 is 0 Å². The Morgan fingerprint density at radius 2 is 2.00 bits per heavy atom. The first-order valence-electron chi connectivity index (χ1n) is 3.13. The van der Waals surface area contributed by atoms with Crippen molar-refractivity contribution in [1.29, 1.82) is 0 Å². The fourth-order valence-electron chi connectivity index (χ4n) is 0.736. The molecule has 0 N–H and O–H groups in total. The van der Waals surface area contributed by atoms with Crippen molar-refractivity contribution in [2.24, 2.45) is 0 Å².